The molecule has 0 aliphatic carbocycles. The van der Waals surface area contributed by atoms with Crippen LogP contribution in [0.1, 0.15) is 57.2 Å². The van der Waals surface area contributed by atoms with Crippen molar-refractivity contribution in [1.82, 2.24) is 10.2 Å². The molecule has 3 rings (SSSR count). The van der Waals surface area contributed by atoms with Crippen molar-refractivity contribution in [3.8, 4) is 11.5 Å². The van der Waals surface area contributed by atoms with Gasteiger partial charge in [-0.2, -0.15) is 0 Å². The number of hydrogen-bond acceptors (Lipinski definition) is 4. The molecule has 33 heavy (non-hydrogen) atoms. The zero-order valence-corrected chi connectivity index (χ0v) is 22.0. The number of aryl methyl sites for hydroxylation is 1. The first-order valence-corrected chi connectivity index (χ1v) is 13.0. The molecule has 1 aliphatic rings. The Bertz CT molecular complexity index is 802. The van der Waals surface area contributed by atoms with Gasteiger partial charge in [-0.1, -0.05) is 52.0 Å². The van der Waals surface area contributed by atoms with Crippen LogP contribution in [-0.2, 0) is 5.41 Å². The summed E-state index contributed by atoms with van der Waals surface area (Å²) in [6.07, 6.45) is 1.92. The molecule has 1 aliphatic heterocycles. The molecule has 0 bridgehead atoms. The van der Waals surface area contributed by atoms with Gasteiger partial charge in [0, 0.05) is 44.0 Å². The summed E-state index contributed by atoms with van der Waals surface area (Å²) in [5.41, 5.74) is 3.61. The van der Waals surface area contributed by atoms with Crippen LogP contribution in [0.25, 0.3) is 0 Å². The number of alkyl halides is 1. The Hall–Kier alpha value is -1.75. The molecule has 184 valence electrons. The average Bonchev–Trinajstić information content (AvgIpc) is 2.85. The summed E-state index contributed by atoms with van der Waals surface area (Å²) in [7, 11) is 0. The molecule has 0 radical (unpaired) electrons. The average molecular weight is 475 g/mol. The molecule has 0 spiro atoms. The van der Waals surface area contributed by atoms with E-state index in [2.05, 4.69) is 73.5 Å². The number of nitrogens with zero attached hydrogens (tertiary/aromatic N) is 1. The lowest BCUT2D eigenvalue weighted by Gasteiger charge is -2.27. The van der Waals surface area contributed by atoms with E-state index >= 15 is 0 Å². The van der Waals surface area contributed by atoms with Crippen LogP contribution in [0.15, 0.2) is 42.5 Å². The third-order valence-electron chi connectivity index (χ3n) is 6.11. The van der Waals surface area contributed by atoms with Gasteiger partial charge in [-0.25, -0.2) is 0 Å². The Morgan fingerprint density at radius 1 is 0.909 bits per heavy atom. The molecule has 0 aromatic heterocycles. The molecule has 0 amide bonds. The Balaban J connectivity index is 0.00000187. The van der Waals surface area contributed by atoms with Gasteiger partial charge in [0.25, 0.3) is 0 Å². The largest absolute Gasteiger partial charge is 0.494 e. The maximum atomic E-state index is 5.98. The van der Waals surface area contributed by atoms with E-state index in [1.54, 1.807) is 0 Å². The first-order valence-electron chi connectivity index (χ1n) is 12.5. The molecular weight excluding hydrogens is 432 g/mol. The van der Waals surface area contributed by atoms with Crippen LogP contribution in [0.5, 0.6) is 11.5 Å². The first-order chi connectivity index (χ1) is 16.0. The van der Waals surface area contributed by atoms with Gasteiger partial charge in [-0.3, -0.25) is 0 Å². The van der Waals surface area contributed by atoms with Crippen molar-refractivity contribution < 1.29 is 9.47 Å². The highest BCUT2D eigenvalue weighted by molar-refractivity contribution is 6.17. The maximum Gasteiger partial charge on any atom is 0.122 e. The van der Waals surface area contributed by atoms with E-state index in [1.807, 2.05) is 13.8 Å². The van der Waals surface area contributed by atoms with Gasteiger partial charge in [0.2, 0.25) is 0 Å². The van der Waals surface area contributed by atoms with Gasteiger partial charge in [-0.15, -0.1) is 11.6 Å². The molecule has 2 aromatic rings. The molecule has 0 unspecified atom stereocenters. The summed E-state index contributed by atoms with van der Waals surface area (Å²) in [6.45, 7) is 17.6. The van der Waals surface area contributed by atoms with Crippen LogP contribution in [0.2, 0.25) is 0 Å². The molecule has 1 fully saturated rings. The lowest BCUT2D eigenvalue weighted by molar-refractivity contribution is 0.214. The van der Waals surface area contributed by atoms with Crippen LogP contribution in [0.4, 0.5) is 0 Å². The van der Waals surface area contributed by atoms with Gasteiger partial charge in [0.05, 0.1) is 13.2 Å². The molecule has 1 heterocycles. The third kappa shape index (κ3) is 8.51. The standard InChI is InChI=1S/C26H37ClN2O2.C2H6/c1-21-20-23(8-11-25(21)31-18-4-12-27)26(2,3)22-6-9-24(10-7-22)30-19-5-15-29-16-13-28-14-17-29;1-2/h6-11,20,28H,4-5,12-19H2,1-3H3;1-2H3. The highest BCUT2D eigenvalue weighted by Crippen LogP contribution is 2.34. The predicted molar refractivity (Wildman–Crippen MR) is 141 cm³/mol. The van der Waals surface area contributed by atoms with E-state index in [4.69, 9.17) is 21.1 Å². The molecule has 2 aromatic carbocycles. The Kier molecular flexibility index (Phi) is 12.1. The van der Waals surface area contributed by atoms with E-state index in [0.717, 1.165) is 69.2 Å². The third-order valence-corrected chi connectivity index (χ3v) is 6.37. The van der Waals surface area contributed by atoms with Crippen molar-refractivity contribution in [2.75, 3.05) is 51.8 Å². The summed E-state index contributed by atoms with van der Waals surface area (Å²) in [4.78, 5) is 2.50. The fourth-order valence-corrected chi connectivity index (χ4v) is 4.09. The van der Waals surface area contributed by atoms with Crippen molar-refractivity contribution in [3.05, 3.63) is 59.2 Å². The molecule has 1 saturated heterocycles. The SMILES string of the molecule is CC.Cc1cc(C(C)(C)c2ccc(OCCCN3CCNCC3)cc2)ccc1OCCCCl. The topological polar surface area (TPSA) is 33.7 Å². The predicted octanol–water partition coefficient (Wildman–Crippen LogP) is 6.03. The van der Waals surface area contributed by atoms with E-state index < -0.39 is 0 Å². The molecule has 4 nitrogen and oxygen atoms in total. The number of rotatable bonds is 11. The van der Waals surface area contributed by atoms with Gasteiger partial charge in [0.15, 0.2) is 0 Å². The maximum absolute atomic E-state index is 5.98. The van der Waals surface area contributed by atoms with Crippen LogP contribution >= 0.6 is 11.6 Å². The Labute approximate surface area is 206 Å². The lowest BCUT2D eigenvalue weighted by Crippen LogP contribution is -2.43. The quantitative estimate of drug-likeness (QED) is 0.318. The lowest BCUT2D eigenvalue weighted by atomic mass is 9.77. The fourth-order valence-electron chi connectivity index (χ4n) is 3.98. The summed E-state index contributed by atoms with van der Waals surface area (Å²) in [5, 5.41) is 3.39. The minimum atomic E-state index is -0.0970. The van der Waals surface area contributed by atoms with Crippen LogP contribution in [0.3, 0.4) is 0 Å². The molecule has 0 saturated carbocycles. The normalized spacial score (nSPS) is 14.4. The Morgan fingerprint density at radius 2 is 1.55 bits per heavy atom. The van der Waals surface area contributed by atoms with Gasteiger partial charge < -0.3 is 19.7 Å². The second-order valence-electron chi connectivity index (χ2n) is 8.81. The van der Waals surface area contributed by atoms with Crippen molar-refractivity contribution in [1.29, 1.82) is 0 Å². The highest BCUT2D eigenvalue weighted by Gasteiger charge is 2.24. The fraction of sp³-hybridized carbons (Fsp3) is 0.571. The summed E-state index contributed by atoms with van der Waals surface area (Å²) < 4.78 is 11.8. The number of hydrogen-bond donors (Lipinski definition) is 1. The minimum Gasteiger partial charge on any atom is -0.494 e. The summed E-state index contributed by atoms with van der Waals surface area (Å²) in [6, 6.07) is 15.0. The van der Waals surface area contributed by atoms with Crippen LogP contribution in [0, 0.1) is 6.92 Å². The number of halogens is 1. The van der Waals surface area contributed by atoms with E-state index in [-0.39, 0.29) is 5.41 Å². The van der Waals surface area contributed by atoms with Gasteiger partial charge >= 0.3 is 0 Å². The number of ether oxygens (including phenoxy) is 2. The van der Waals surface area contributed by atoms with E-state index in [9.17, 15) is 0 Å². The minimum absolute atomic E-state index is 0.0970. The Morgan fingerprint density at radius 3 is 2.18 bits per heavy atom. The first kappa shape index (κ1) is 27.5. The van der Waals surface area contributed by atoms with Crippen LogP contribution in [-0.4, -0.2) is 56.7 Å². The van der Waals surface area contributed by atoms with Crippen molar-refractivity contribution in [3.63, 3.8) is 0 Å². The summed E-state index contributed by atoms with van der Waals surface area (Å²) >= 11 is 5.75. The highest BCUT2D eigenvalue weighted by atomic mass is 35.5. The zero-order chi connectivity index (χ0) is 24.1. The number of piperazine rings is 1. The second-order valence-corrected chi connectivity index (χ2v) is 9.19. The van der Waals surface area contributed by atoms with E-state index in [1.165, 1.54) is 11.1 Å². The molecule has 0 atom stereocenters. The monoisotopic (exact) mass is 474 g/mol. The molecule has 1 N–H and O–H groups in total. The number of nitrogens with one attached hydrogen (secondary N) is 1. The van der Waals surface area contributed by atoms with E-state index in [0.29, 0.717) is 12.5 Å². The van der Waals surface area contributed by atoms with Gasteiger partial charge in [-0.05, 0) is 54.7 Å². The van der Waals surface area contributed by atoms with Gasteiger partial charge in [0.1, 0.15) is 11.5 Å². The van der Waals surface area contributed by atoms with Crippen molar-refractivity contribution >= 4 is 11.6 Å². The van der Waals surface area contributed by atoms with Crippen molar-refractivity contribution in [2.45, 2.75) is 52.9 Å². The smallest absolute Gasteiger partial charge is 0.122 e. The zero-order valence-electron chi connectivity index (χ0n) is 21.3. The molecule has 5 heteroatoms. The van der Waals surface area contributed by atoms with Crippen LogP contribution < -0.4 is 14.8 Å². The number of benzene rings is 2. The van der Waals surface area contributed by atoms with Crippen molar-refractivity contribution in [2.24, 2.45) is 0 Å². The summed E-state index contributed by atoms with van der Waals surface area (Å²) in [5.74, 6) is 2.51. The molecular formula is C28H43ClN2O2. The second kappa shape index (κ2) is 14.5.